The molecule has 0 spiro atoms. The van der Waals surface area contributed by atoms with E-state index in [0.717, 1.165) is 32.1 Å². The number of carbonyl (C=O) groups is 2. The zero-order valence-electron chi connectivity index (χ0n) is 28.6. The molecule has 0 unspecified atom stereocenters. The van der Waals surface area contributed by atoms with Crippen LogP contribution < -0.4 is 0 Å². The number of carbonyl (C=O) groups excluding carboxylic acids is 2. The Morgan fingerprint density at radius 3 is 2.11 bits per heavy atom. The van der Waals surface area contributed by atoms with E-state index >= 15 is 0 Å². The number of fused-ring (bicyclic) bond motifs is 1. The molecule has 10 atom stereocenters. The molecule has 9 nitrogen and oxygen atoms in total. The minimum absolute atomic E-state index is 0.00759. The minimum Gasteiger partial charge on any atom is -0.459 e. The van der Waals surface area contributed by atoms with Crippen LogP contribution in [0.3, 0.4) is 0 Å². The van der Waals surface area contributed by atoms with Crippen molar-refractivity contribution in [2.45, 2.75) is 202 Å². The predicted octanol–water partition coefficient (Wildman–Crippen LogP) is 6.33. The molecule has 1 N–H and O–H groups in total. The first-order valence-corrected chi connectivity index (χ1v) is 17.5. The van der Waals surface area contributed by atoms with Crippen molar-refractivity contribution in [3.05, 3.63) is 0 Å². The topological polar surface area (TPSA) is 110 Å². The summed E-state index contributed by atoms with van der Waals surface area (Å²) >= 11 is 3.79. The quantitative estimate of drug-likeness (QED) is 0.220. The molecule has 10 heteroatoms. The fourth-order valence-electron chi connectivity index (χ4n) is 8.07. The third kappa shape index (κ3) is 7.67. The number of hydrogen-bond acceptors (Lipinski definition) is 9. The van der Waals surface area contributed by atoms with E-state index in [0.29, 0.717) is 36.9 Å². The molecule has 0 amide bonds. The largest absolute Gasteiger partial charge is 0.459 e. The van der Waals surface area contributed by atoms with Crippen LogP contribution in [0.1, 0.15) is 133 Å². The van der Waals surface area contributed by atoms with Gasteiger partial charge in [0.1, 0.15) is 17.3 Å². The van der Waals surface area contributed by atoms with Crippen molar-refractivity contribution in [1.29, 1.82) is 0 Å². The van der Waals surface area contributed by atoms with E-state index in [1.54, 1.807) is 0 Å². The summed E-state index contributed by atoms with van der Waals surface area (Å²) in [7, 11) is 0. The Morgan fingerprint density at radius 1 is 0.864 bits per heavy atom. The first kappa shape index (κ1) is 36.1. The monoisotopic (exact) mass is 688 g/mol. The molecule has 0 radical (unpaired) electrons. The average Bonchev–Trinajstić information content (AvgIpc) is 3.31. The highest BCUT2D eigenvalue weighted by Crippen LogP contribution is 2.49. The second-order valence-electron chi connectivity index (χ2n) is 15.8. The Morgan fingerprint density at radius 2 is 1.50 bits per heavy atom. The van der Waals surface area contributed by atoms with Gasteiger partial charge in [-0.2, -0.15) is 0 Å². The molecule has 0 aromatic heterocycles. The lowest BCUT2D eigenvalue weighted by atomic mass is 9.75. The second kappa shape index (κ2) is 12.7. The van der Waals surface area contributed by atoms with Crippen LogP contribution in [0.2, 0.25) is 0 Å². The number of halogens is 1. The van der Waals surface area contributed by atoms with Gasteiger partial charge in [-0.25, -0.2) is 0 Å². The van der Waals surface area contributed by atoms with E-state index in [4.69, 9.17) is 28.4 Å². The normalized spacial score (nSPS) is 41.2. The maximum atomic E-state index is 12.2. The van der Waals surface area contributed by atoms with Crippen LogP contribution >= 0.6 is 15.9 Å². The third-order valence-electron chi connectivity index (χ3n) is 10.9. The summed E-state index contributed by atoms with van der Waals surface area (Å²) in [4.78, 5) is 24.1. The predicted molar refractivity (Wildman–Crippen MR) is 170 cm³/mol. The van der Waals surface area contributed by atoms with Crippen LogP contribution in [0.25, 0.3) is 0 Å². The van der Waals surface area contributed by atoms with Gasteiger partial charge >= 0.3 is 11.9 Å². The number of hydrogen-bond donors (Lipinski definition) is 1. The van der Waals surface area contributed by atoms with E-state index in [-0.39, 0.29) is 41.6 Å². The van der Waals surface area contributed by atoms with Crippen LogP contribution in [-0.4, -0.2) is 86.0 Å². The summed E-state index contributed by atoms with van der Waals surface area (Å²) in [6, 6.07) is 0. The van der Waals surface area contributed by atoms with Gasteiger partial charge in [-0.3, -0.25) is 9.59 Å². The summed E-state index contributed by atoms with van der Waals surface area (Å²) < 4.78 is 37.9. The van der Waals surface area contributed by atoms with E-state index in [1.165, 1.54) is 13.8 Å². The Kier molecular flexibility index (Phi) is 10.4. The van der Waals surface area contributed by atoms with Crippen molar-refractivity contribution >= 4 is 27.9 Å². The van der Waals surface area contributed by atoms with E-state index in [1.807, 2.05) is 27.7 Å². The molecule has 4 fully saturated rings. The molecule has 4 heterocycles. The molecule has 0 aromatic carbocycles. The molecule has 4 aliphatic rings. The van der Waals surface area contributed by atoms with Crippen molar-refractivity contribution in [1.82, 2.24) is 0 Å². The highest BCUT2D eigenvalue weighted by Gasteiger charge is 2.56. The Balaban J connectivity index is 1.38. The van der Waals surface area contributed by atoms with E-state index < -0.39 is 34.5 Å². The molecule has 0 saturated carbocycles. The molecule has 4 saturated heterocycles. The summed E-state index contributed by atoms with van der Waals surface area (Å²) in [5, 5.41) is 11.8. The molecule has 4 rings (SSSR count). The zero-order valence-corrected chi connectivity index (χ0v) is 30.2. The molecular formula is C34H57BrO9. The Hall–Kier alpha value is -0.780. The smallest absolute Gasteiger partial charge is 0.303 e. The maximum Gasteiger partial charge on any atom is 0.303 e. The number of aliphatic hydroxyl groups is 1. The lowest BCUT2D eigenvalue weighted by Crippen LogP contribution is -2.63. The van der Waals surface area contributed by atoms with Crippen molar-refractivity contribution in [2.24, 2.45) is 0 Å². The van der Waals surface area contributed by atoms with Gasteiger partial charge in [-0.05, 0) is 120 Å². The minimum atomic E-state index is -1.15. The number of rotatable bonds is 9. The van der Waals surface area contributed by atoms with Gasteiger partial charge in [-0.15, -0.1) is 0 Å². The SMILES string of the molecule is CC(=O)O[C@@H](CC[C@](C)(O)[C@H]1CC[C@H]2O[C@@H]([C@]3(C)CC[C@@H](Br)C(C)(C)O3)CC[C@]2(C)O1)[C@@]1(C)CC[C@H](C(C)(C)OC(C)=O)O1. The standard InChI is InChI=1S/C34H57BrO9/c1-21(36)39-27(33(9)19-15-24(42-33)30(5,6)41-22(2)37)14-17-31(7,38)25-11-12-26-32(8,43-25)20-16-28(40-26)34(10)18-13-23(35)29(3,4)44-34/h23-28,38H,11-20H2,1-10H3/t23-,24-,25-,26-,27+,28-,31+,32+,33-,34+/m1/s1. The van der Waals surface area contributed by atoms with Gasteiger partial charge in [0.2, 0.25) is 0 Å². The third-order valence-corrected chi connectivity index (χ3v) is 12.5. The van der Waals surface area contributed by atoms with Crippen molar-refractivity contribution in [2.75, 3.05) is 0 Å². The fraction of sp³-hybridized carbons (Fsp3) is 0.941. The van der Waals surface area contributed by atoms with Crippen LogP contribution in [0.4, 0.5) is 0 Å². The number of ether oxygens (including phenoxy) is 6. The molecule has 0 aromatic rings. The van der Waals surface area contributed by atoms with Crippen LogP contribution in [0, 0.1) is 0 Å². The number of alkyl halides is 1. The van der Waals surface area contributed by atoms with Gasteiger partial charge in [-0.1, -0.05) is 15.9 Å². The summed E-state index contributed by atoms with van der Waals surface area (Å²) in [5.74, 6) is -0.763. The first-order valence-electron chi connectivity index (χ1n) is 16.6. The Labute approximate surface area is 272 Å². The van der Waals surface area contributed by atoms with Crippen molar-refractivity contribution < 1.29 is 43.1 Å². The molecule has 4 aliphatic heterocycles. The van der Waals surface area contributed by atoms with Crippen LogP contribution in [-0.2, 0) is 38.0 Å². The van der Waals surface area contributed by atoms with Crippen LogP contribution in [0.15, 0.2) is 0 Å². The summed E-state index contributed by atoms with van der Waals surface area (Å²) in [6.07, 6.45) is 5.78. The molecule has 254 valence electrons. The highest BCUT2D eigenvalue weighted by atomic mass is 79.9. The summed E-state index contributed by atoms with van der Waals surface area (Å²) in [5.41, 5.74) is -3.87. The first-order chi connectivity index (χ1) is 20.1. The lowest BCUT2D eigenvalue weighted by Gasteiger charge is -2.56. The zero-order chi connectivity index (χ0) is 32.9. The Bertz CT molecular complexity index is 1060. The second-order valence-corrected chi connectivity index (χ2v) is 16.9. The molecule has 44 heavy (non-hydrogen) atoms. The van der Waals surface area contributed by atoms with Crippen LogP contribution in [0.5, 0.6) is 0 Å². The van der Waals surface area contributed by atoms with Gasteiger partial charge < -0.3 is 33.5 Å². The van der Waals surface area contributed by atoms with E-state index in [9.17, 15) is 14.7 Å². The van der Waals surface area contributed by atoms with E-state index in [2.05, 4.69) is 43.6 Å². The molecular weight excluding hydrogens is 632 g/mol. The van der Waals surface area contributed by atoms with Gasteiger partial charge in [0.15, 0.2) is 0 Å². The van der Waals surface area contributed by atoms with Crippen molar-refractivity contribution in [3.63, 3.8) is 0 Å². The van der Waals surface area contributed by atoms with Gasteiger partial charge in [0.05, 0.1) is 46.8 Å². The molecule has 0 aliphatic carbocycles. The number of esters is 2. The van der Waals surface area contributed by atoms with Crippen molar-refractivity contribution in [3.8, 4) is 0 Å². The summed E-state index contributed by atoms with van der Waals surface area (Å²) in [6.45, 7) is 18.8. The highest BCUT2D eigenvalue weighted by molar-refractivity contribution is 9.09. The maximum absolute atomic E-state index is 12.2. The van der Waals surface area contributed by atoms with Gasteiger partial charge in [0, 0.05) is 18.7 Å². The lowest BCUT2D eigenvalue weighted by molar-refractivity contribution is -0.301. The fourth-order valence-corrected chi connectivity index (χ4v) is 8.39. The average molecular weight is 690 g/mol. The molecule has 0 bridgehead atoms. The van der Waals surface area contributed by atoms with Gasteiger partial charge in [0.25, 0.3) is 0 Å².